The number of hydrogen-bond acceptors (Lipinski definition) is 4. The zero-order valence-electron chi connectivity index (χ0n) is 9.93. The fraction of sp³-hybridized carbons (Fsp3) is 0.500. The van der Waals surface area contributed by atoms with Crippen molar-refractivity contribution in [2.45, 2.75) is 25.8 Å². The molecule has 1 aromatic carbocycles. The highest BCUT2D eigenvalue weighted by Crippen LogP contribution is 2.26. The summed E-state index contributed by atoms with van der Waals surface area (Å²) in [6.45, 7) is 3.77. The minimum atomic E-state index is -0.358. The van der Waals surface area contributed by atoms with Crippen LogP contribution >= 0.6 is 0 Å². The molecule has 0 aromatic heterocycles. The summed E-state index contributed by atoms with van der Waals surface area (Å²) in [5.74, 6) is 0. The van der Waals surface area contributed by atoms with Gasteiger partial charge in [0.2, 0.25) is 0 Å². The number of rotatable bonds is 2. The van der Waals surface area contributed by atoms with Crippen LogP contribution in [0.15, 0.2) is 18.2 Å². The van der Waals surface area contributed by atoms with Crippen molar-refractivity contribution in [1.82, 2.24) is 0 Å². The summed E-state index contributed by atoms with van der Waals surface area (Å²) in [5.41, 5.74) is 8.05. The molecule has 2 N–H and O–H groups in total. The predicted molar refractivity (Wildman–Crippen MR) is 67.3 cm³/mol. The van der Waals surface area contributed by atoms with Crippen LogP contribution in [0, 0.1) is 17.0 Å². The molecule has 1 aliphatic heterocycles. The van der Waals surface area contributed by atoms with E-state index in [2.05, 4.69) is 4.90 Å². The molecule has 0 radical (unpaired) electrons. The third kappa shape index (κ3) is 2.55. The molecule has 0 spiro atoms. The van der Waals surface area contributed by atoms with Gasteiger partial charge in [-0.25, -0.2) is 0 Å². The van der Waals surface area contributed by atoms with Gasteiger partial charge in [0.1, 0.15) is 0 Å². The van der Waals surface area contributed by atoms with Crippen LogP contribution < -0.4 is 10.6 Å². The molecule has 1 saturated heterocycles. The van der Waals surface area contributed by atoms with E-state index >= 15 is 0 Å². The van der Waals surface area contributed by atoms with E-state index < -0.39 is 0 Å². The molecule has 0 unspecified atom stereocenters. The van der Waals surface area contributed by atoms with E-state index in [1.165, 1.54) is 0 Å². The normalized spacial score (nSPS) is 17.2. The highest BCUT2D eigenvalue weighted by atomic mass is 16.6. The summed E-state index contributed by atoms with van der Waals surface area (Å²) in [5, 5.41) is 10.7. The minimum absolute atomic E-state index is 0.153. The Hall–Kier alpha value is -1.62. The van der Waals surface area contributed by atoms with Crippen LogP contribution in [0.4, 0.5) is 11.4 Å². The van der Waals surface area contributed by atoms with Crippen LogP contribution in [0.2, 0.25) is 0 Å². The number of hydrogen-bond donors (Lipinski definition) is 1. The van der Waals surface area contributed by atoms with Gasteiger partial charge in [-0.05, 0) is 31.4 Å². The number of benzene rings is 1. The highest BCUT2D eigenvalue weighted by molar-refractivity contribution is 5.57. The molecule has 92 valence electrons. The third-order valence-corrected chi connectivity index (χ3v) is 3.27. The summed E-state index contributed by atoms with van der Waals surface area (Å²) in [7, 11) is 0. The van der Waals surface area contributed by atoms with Gasteiger partial charge in [0.05, 0.1) is 4.92 Å². The Morgan fingerprint density at radius 2 is 2.06 bits per heavy atom. The molecule has 0 atom stereocenters. The number of nitrogens with zero attached hydrogens (tertiary/aromatic N) is 2. The average molecular weight is 235 g/mol. The van der Waals surface area contributed by atoms with Crippen LogP contribution in [0.3, 0.4) is 0 Å². The summed E-state index contributed by atoms with van der Waals surface area (Å²) in [6, 6.07) is 5.33. The van der Waals surface area contributed by atoms with E-state index in [4.69, 9.17) is 5.73 Å². The van der Waals surface area contributed by atoms with Crippen LogP contribution in [0.5, 0.6) is 0 Å². The topological polar surface area (TPSA) is 72.4 Å². The molecule has 5 nitrogen and oxygen atoms in total. The standard InChI is InChI=1S/C12H17N3O2/c1-9-8-11(15(16)17)2-3-12(9)14-6-4-10(13)5-7-14/h2-3,8,10H,4-7,13H2,1H3. The molecule has 0 aliphatic carbocycles. The van der Waals surface area contributed by atoms with Crippen LogP contribution in [0.1, 0.15) is 18.4 Å². The lowest BCUT2D eigenvalue weighted by atomic mass is 10.0. The van der Waals surface area contributed by atoms with Crippen molar-refractivity contribution < 1.29 is 4.92 Å². The van der Waals surface area contributed by atoms with Crippen molar-refractivity contribution in [1.29, 1.82) is 0 Å². The number of piperidine rings is 1. The van der Waals surface area contributed by atoms with E-state index in [0.29, 0.717) is 6.04 Å². The molecule has 17 heavy (non-hydrogen) atoms. The molecule has 2 rings (SSSR count). The second kappa shape index (κ2) is 4.71. The second-order valence-corrected chi connectivity index (χ2v) is 4.55. The Bertz CT molecular complexity index is 426. The molecule has 0 saturated carbocycles. The van der Waals surface area contributed by atoms with Crippen molar-refractivity contribution in [2.24, 2.45) is 5.73 Å². The second-order valence-electron chi connectivity index (χ2n) is 4.55. The van der Waals surface area contributed by atoms with Crippen LogP contribution in [-0.4, -0.2) is 24.1 Å². The van der Waals surface area contributed by atoms with Gasteiger partial charge in [0.15, 0.2) is 0 Å². The summed E-state index contributed by atoms with van der Waals surface area (Å²) in [6.07, 6.45) is 1.97. The first-order valence-electron chi connectivity index (χ1n) is 5.83. The Morgan fingerprint density at radius 1 is 1.41 bits per heavy atom. The van der Waals surface area contributed by atoms with Gasteiger partial charge < -0.3 is 10.6 Å². The van der Waals surface area contributed by atoms with Crippen LogP contribution in [-0.2, 0) is 0 Å². The van der Waals surface area contributed by atoms with Crippen molar-refractivity contribution in [2.75, 3.05) is 18.0 Å². The summed E-state index contributed by atoms with van der Waals surface area (Å²) in [4.78, 5) is 12.6. The zero-order chi connectivity index (χ0) is 12.4. The maximum atomic E-state index is 10.7. The molecule has 5 heteroatoms. The van der Waals surface area contributed by atoms with Gasteiger partial charge >= 0.3 is 0 Å². The first kappa shape index (κ1) is 11.9. The molecule has 1 fully saturated rings. The van der Waals surface area contributed by atoms with Crippen molar-refractivity contribution >= 4 is 11.4 Å². The van der Waals surface area contributed by atoms with Gasteiger partial charge in [-0.15, -0.1) is 0 Å². The molecule has 0 bridgehead atoms. The Morgan fingerprint density at radius 3 is 2.59 bits per heavy atom. The molecule has 1 heterocycles. The number of nitro groups is 1. The molecule has 1 aromatic rings. The fourth-order valence-electron chi connectivity index (χ4n) is 2.25. The Balaban J connectivity index is 2.19. The maximum absolute atomic E-state index is 10.7. The van der Waals surface area contributed by atoms with Crippen molar-refractivity contribution in [3.05, 3.63) is 33.9 Å². The lowest BCUT2D eigenvalue weighted by Crippen LogP contribution is -2.39. The minimum Gasteiger partial charge on any atom is -0.371 e. The SMILES string of the molecule is Cc1cc([N+](=O)[O-])ccc1N1CCC(N)CC1. The Labute approximate surface area is 100 Å². The lowest BCUT2D eigenvalue weighted by molar-refractivity contribution is -0.384. The van der Waals surface area contributed by atoms with E-state index in [9.17, 15) is 10.1 Å². The fourth-order valence-corrected chi connectivity index (χ4v) is 2.25. The summed E-state index contributed by atoms with van der Waals surface area (Å²) < 4.78 is 0. The van der Waals surface area contributed by atoms with E-state index in [1.807, 2.05) is 13.0 Å². The zero-order valence-corrected chi connectivity index (χ0v) is 9.93. The van der Waals surface area contributed by atoms with E-state index in [0.717, 1.165) is 37.2 Å². The van der Waals surface area contributed by atoms with Crippen LogP contribution in [0.25, 0.3) is 0 Å². The van der Waals surface area contributed by atoms with Gasteiger partial charge in [-0.1, -0.05) is 0 Å². The first-order chi connectivity index (χ1) is 8.08. The van der Waals surface area contributed by atoms with Crippen molar-refractivity contribution in [3.8, 4) is 0 Å². The number of anilines is 1. The molecular weight excluding hydrogens is 218 g/mol. The average Bonchev–Trinajstić information content (AvgIpc) is 2.30. The third-order valence-electron chi connectivity index (χ3n) is 3.27. The largest absolute Gasteiger partial charge is 0.371 e. The van der Waals surface area contributed by atoms with E-state index in [1.54, 1.807) is 12.1 Å². The highest BCUT2D eigenvalue weighted by Gasteiger charge is 2.18. The Kier molecular flexibility index (Phi) is 3.28. The monoisotopic (exact) mass is 235 g/mol. The van der Waals surface area contributed by atoms with Crippen molar-refractivity contribution in [3.63, 3.8) is 0 Å². The number of nitrogens with two attached hydrogens (primary N) is 1. The maximum Gasteiger partial charge on any atom is 0.269 e. The van der Waals surface area contributed by atoms with Gasteiger partial charge in [-0.3, -0.25) is 10.1 Å². The number of nitro benzene ring substituents is 1. The van der Waals surface area contributed by atoms with Gasteiger partial charge in [-0.2, -0.15) is 0 Å². The van der Waals surface area contributed by atoms with E-state index in [-0.39, 0.29) is 10.6 Å². The predicted octanol–water partition coefficient (Wildman–Crippen LogP) is 1.83. The molecule has 1 aliphatic rings. The lowest BCUT2D eigenvalue weighted by Gasteiger charge is -2.32. The first-order valence-corrected chi connectivity index (χ1v) is 5.83. The molecular formula is C12H17N3O2. The van der Waals surface area contributed by atoms with Gasteiger partial charge in [0.25, 0.3) is 5.69 Å². The summed E-state index contributed by atoms with van der Waals surface area (Å²) >= 11 is 0. The molecule has 0 amide bonds. The smallest absolute Gasteiger partial charge is 0.269 e. The number of non-ortho nitro benzene ring substituents is 1. The quantitative estimate of drug-likeness (QED) is 0.627. The van der Waals surface area contributed by atoms with Gasteiger partial charge in [0, 0.05) is 37.0 Å². The number of aryl methyl sites for hydroxylation is 1.